The normalized spacial score (nSPS) is 10.4. The number of aryl methyl sites for hydroxylation is 1. The van der Waals surface area contributed by atoms with Crippen molar-refractivity contribution in [2.75, 3.05) is 11.9 Å². The summed E-state index contributed by atoms with van der Waals surface area (Å²) >= 11 is 0. The Bertz CT molecular complexity index is 917. The predicted molar refractivity (Wildman–Crippen MR) is 101 cm³/mol. The van der Waals surface area contributed by atoms with Crippen LogP contribution in [0.15, 0.2) is 54.9 Å². The summed E-state index contributed by atoms with van der Waals surface area (Å²) in [6.45, 7) is 2.65. The Labute approximate surface area is 156 Å². The van der Waals surface area contributed by atoms with E-state index in [1.165, 1.54) is 6.07 Å². The van der Waals surface area contributed by atoms with Crippen LogP contribution in [0.25, 0.3) is 0 Å². The van der Waals surface area contributed by atoms with E-state index in [1.54, 1.807) is 43.6 Å². The summed E-state index contributed by atoms with van der Waals surface area (Å²) in [5.74, 6) is -0.206. The van der Waals surface area contributed by atoms with Gasteiger partial charge in [-0.1, -0.05) is 18.2 Å². The highest BCUT2D eigenvalue weighted by atomic mass is 19.1. The van der Waals surface area contributed by atoms with Crippen molar-refractivity contribution in [3.05, 3.63) is 83.2 Å². The van der Waals surface area contributed by atoms with E-state index in [-0.39, 0.29) is 17.4 Å². The highest BCUT2D eigenvalue weighted by molar-refractivity contribution is 5.92. The summed E-state index contributed by atoms with van der Waals surface area (Å²) in [7, 11) is 0. The number of amides is 1. The number of hydrogen-bond donors (Lipinski definition) is 2. The zero-order valence-electron chi connectivity index (χ0n) is 14.9. The molecule has 1 aromatic carbocycles. The molecular weight excluding hydrogens is 345 g/mol. The predicted octanol–water partition coefficient (Wildman–Crippen LogP) is 2.90. The molecule has 0 spiro atoms. The van der Waals surface area contributed by atoms with Crippen LogP contribution in [0.4, 0.5) is 10.3 Å². The van der Waals surface area contributed by atoms with Crippen molar-refractivity contribution in [1.29, 1.82) is 0 Å². The first-order chi connectivity index (χ1) is 13.1. The fraction of sp³-hybridized carbons (Fsp3) is 0.200. The SMILES string of the molecule is Cc1cc(C(=O)NCCc2ccccc2F)nc(NCc2ccncc2)n1. The molecule has 7 heteroatoms. The zero-order valence-corrected chi connectivity index (χ0v) is 14.9. The molecule has 0 radical (unpaired) electrons. The number of aromatic nitrogens is 3. The average Bonchev–Trinajstić information content (AvgIpc) is 2.68. The monoisotopic (exact) mass is 365 g/mol. The maximum atomic E-state index is 13.6. The molecule has 0 bridgehead atoms. The summed E-state index contributed by atoms with van der Waals surface area (Å²) in [4.78, 5) is 24.9. The zero-order chi connectivity index (χ0) is 19.1. The molecule has 0 aliphatic carbocycles. The van der Waals surface area contributed by atoms with Gasteiger partial charge in [0.2, 0.25) is 5.95 Å². The highest BCUT2D eigenvalue weighted by Gasteiger charge is 2.11. The maximum Gasteiger partial charge on any atom is 0.270 e. The van der Waals surface area contributed by atoms with Gasteiger partial charge in [-0.3, -0.25) is 9.78 Å². The number of rotatable bonds is 7. The Kier molecular flexibility index (Phi) is 6.04. The van der Waals surface area contributed by atoms with Crippen molar-refractivity contribution in [2.45, 2.75) is 19.9 Å². The van der Waals surface area contributed by atoms with Gasteiger partial charge < -0.3 is 10.6 Å². The highest BCUT2D eigenvalue weighted by Crippen LogP contribution is 2.08. The summed E-state index contributed by atoms with van der Waals surface area (Å²) in [5, 5.41) is 5.88. The van der Waals surface area contributed by atoms with Gasteiger partial charge >= 0.3 is 0 Å². The van der Waals surface area contributed by atoms with Crippen molar-refractivity contribution in [3.8, 4) is 0 Å². The van der Waals surface area contributed by atoms with E-state index in [1.807, 2.05) is 12.1 Å². The van der Waals surface area contributed by atoms with Crippen LogP contribution in [0.3, 0.4) is 0 Å². The van der Waals surface area contributed by atoms with Gasteiger partial charge in [0.05, 0.1) is 0 Å². The van der Waals surface area contributed by atoms with E-state index >= 15 is 0 Å². The van der Waals surface area contributed by atoms with Crippen molar-refractivity contribution in [1.82, 2.24) is 20.3 Å². The first kappa shape index (κ1) is 18.4. The summed E-state index contributed by atoms with van der Waals surface area (Å²) in [5.41, 5.74) is 2.55. The number of nitrogens with zero attached hydrogens (tertiary/aromatic N) is 3. The van der Waals surface area contributed by atoms with Crippen LogP contribution in [0, 0.1) is 12.7 Å². The molecule has 3 rings (SSSR count). The second-order valence-corrected chi connectivity index (χ2v) is 6.02. The molecule has 0 aliphatic heterocycles. The van der Waals surface area contributed by atoms with Crippen molar-refractivity contribution >= 4 is 11.9 Å². The third-order valence-corrected chi connectivity index (χ3v) is 3.92. The Balaban J connectivity index is 1.59. The molecule has 2 heterocycles. The molecule has 0 fully saturated rings. The van der Waals surface area contributed by atoms with E-state index in [4.69, 9.17) is 0 Å². The van der Waals surface area contributed by atoms with Crippen molar-refractivity contribution in [2.24, 2.45) is 0 Å². The molecule has 0 unspecified atom stereocenters. The fourth-order valence-electron chi connectivity index (χ4n) is 2.55. The lowest BCUT2D eigenvalue weighted by Crippen LogP contribution is -2.27. The molecule has 138 valence electrons. The minimum atomic E-state index is -0.316. The Hall–Kier alpha value is -3.35. The van der Waals surface area contributed by atoms with Crippen molar-refractivity contribution < 1.29 is 9.18 Å². The average molecular weight is 365 g/mol. The van der Waals surface area contributed by atoms with Gasteiger partial charge in [-0.15, -0.1) is 0 Å². The molecule has 6 nitrogen and oxygen atoms in total. The third-order valence-electron chi connectivity index (χ3n) is 3.92. The lowest BCUT2D eigenvalue weighted by atomic mass is 10.1. The molecule has 0 aliphatic rings. The lowest BCUT2D eigenvalue weighted by molar-refractivity contribution is 0.0949. The summed E-state index contributed by atoms with van der Waals surface area (Å²) in [6.07, 6.45) is 3.83. The van der Waals surface area contributed by atoms with Crippen LogP contribution in [0.2, 0.25) is 0 Å². The maximum absolute atomic E-state index is 13.6. The number of carbonyl (C=O) groups is 1. The van der Waals surface area contributed by atoms with Gasteiger partial charge in [-0.25, -0.2) is 14.4 Å². The molecular formula is C20H20FN5O. The van der Waals surface area contributed by atoms with Crippen LogP contribution in [0.1, 0.15) is 27.3 Å². The molecule has 0 saturated heterocycles. The van der Waals surface area contributed by atoms with E-state index < -0.39 is 0 Å². The topological polar surface area (TPSA) is 79.8 Å². The second-order valence-electron chi connectivity index (χ2n) is 6.02. The Morgan fingerprint density at radius 2 is 1.89 bits per heavy atom. The molecule has 0 saturated carbocycles. The lowest BCUT2D eigenvalue weighted by Gasteiger charge is -2.09. The number of pyridine rings is 1. The minimum absolute atomic E-state index is 0.271. The van der Waals surface area contributed by atoms with Gasteiger partial charge in [-0.05, 0) is 48.7 Å². The quantitative estimate of drug-likeness (QED) is 0.673. The van der Waals surface area contributed by atoms with E-state index in [9.17, 15) is 9.18 Å². The van der Waals surface area contributed by atoms with Crippen LogP contribution in [-0.2, 0) is 13.0 Å². The van der Waals surface area contributed by atoms with Gasteiger partial charge in [0.25, 0.3) is 5.91 Å². The Morgan fingerprint density at radius 3 is 2.67 bits per heavy atom. The smallest absolute Gasteiger partial charge is 0.270 e. The van der Waals surface area contributed by atoms with E-state index in [0.717, 1.165) is 5.56 Å². The largest absolute Gasteiger partial charge is 0.350 e. The summed E-state index contributed by atoms with van der Waals surface area (Å²) < 4.78 is 13.6. The third kappa shape index (κ3) is 5.31. The first-order valence-corrected chi connectivity index (χ1v) is 8.62. The number of carbonyl (C=O) groups excluding carboxylic acids is 1. The molecule has 2 N–H and O–H groups in total. The number of hydrogen-bond acceptors (Lipinski definition) is 5. The van der Waals surface area contributed by atoms with Gasteiger partial charge in [0.15, 0.2) is 0 Å². The number of nitrogens with one attached hydrogen (secondary N) is 2. The number of benzene rings is 1. The van der Waals surface area contributed by atoms with Gasteiger partial charge in [0.1, 0.15) is 11.5 Å². The Morgan fingerprint density at radius 1 is 1.11 bits per heavy atom. The standard InChI is InChI=1S/C20H20FN5O/c1-14-12-18(19(27)23-11-8-16-4-2-3-5-17(16)21)26-20(25-14)24-13-15-6-9-22-10-7-15/h2-7,9-10,12H,8,11,13H2,1H3,(H,23,27)(H,24,25,26). The molecule has 2 aromatic heterocycles. The van der Waals surface area contributed by atoms with Crippen LogP contribution in [0.5, 0.6) is 0 Å². The fourth-order valence-corrected chi connectivity index (χ4v) is 2.55. The van der Waals surface area contributed by atoms with Crippen LogP contribution >= 0.6 is 0 Å². The van der Waals surface area contributed by atoms with Gasteiger partial charge in [-0.2, -0.15) is 0 Å². The molecule has 0 atom stereocenters. The van der Waals surface area contributed by atoms with E-state index in [0.29, 0.717) is 36.7 Å². The van der Waals surface area contributed by atoms with Crippen LogP contribution in [-0.4, -0.2) is 27.4 Å². The van der Waals surface area contributed by atoms with E-state index in [2.05, 4.69) is 25.6 Å². The molecule has 3 aromatic rings. The number of anilines is 1. The van der Waals surface area contributed by atoms with Gasteiger partial charge in [0, 0.05) is 31.2 Å². The second kappa shape index (κ2) is 8.84. The van der Waals surface area contributed by atoms with Crippen molar-refractivity contribution in [3.63, 3.8) is 0 Å². The summed E-state index contributed by atoms with van der Waals surface area (Å²) in [6, 6.07) is 11.9. The molecule has 27 heavy (non-hydrogen) atoms. The van der Waals surface area contributed by atoms with Crippen LogP contribution < -0.4 is 10.6 Å². The number of halogens is 1. The molecule has 1 amide bonds. The first-order valence-electron chi connectivity index (χ1n) is 8.62. The minimum Gasteiger partial charge on any atom is -0.350 e.